The van der Waals surface area contributed by atoms with Crippen LogP contribution in [0.5, 0.6) is 0 Å². The molecule has 1 amide bonds. The minimum atomic E-state index is -0.204. The summed E-state index contributed by atoms with van der Waals surface area (Å²) in [6.07, 6.45) is 4.33. The van der Waals surface area contributed by atoms with Crippen LogP contribution in [0.3, 0.4) is 0 Å². The SMILES string of the molecule is O=C1N(c2cccc3ccccc23)[C@H](c2ccc(Br)cc2)C12CCCC2. The molecule has 2 nitrogen and oxygen atoms in total. The summed E-state index contributed by atoms with van der Waals surface area (Å²) >= 11 is 3.53. The van der Waals surface area contributed by atoms with E-state index in [1.165, 1.54) is 10.9 Å². The molecule has 1 saturated carbocycles. The van der Waals surface area contributed by atoms with Crippen molar-refractivity contribution >= 4 is 38.3 Å². The summed E-state index contributed by atoms with van der Waals surface area (Å²) in [4.78, 5) is 15.4. The molecule has 0 bridgehead atoms. The second kappa shape index (κ2) is 5.95. The van der Waals surface area contributed by atoms with Crippen LogP contribution >= 0.6 is 15.9 Å². The number of fused-ring (bicyclic) bond motifs is 1. The molecule has 1 atom stereocenters. The van der Waals surface area contributed by atoms with E-state index in [0.29, 0.717) is 5.91 Å². The highest BCUT2D eigenvalue weighted by atomic mass is 79.9. The predicted octanol–water partition coefficient (Wildman–Crippen LogP) is 6.25. The first-order valence-electron chi connectivity index (χ1n) is 9.28. The molecule has 1 saturated heterocycles. The summed E-state index contributed by atoms with van der Waals surface area (Å²) in [7, 11) is 0. The number of halogens is 1. The summed E-state index contributed by atoms with van der Waals surface area (Å²) in [6, 6.07) is 23.2. The van der Waals surface area contributed by atoms with E-state index >= 15 is 0 Å². The molecule has 3 aromatic rings. The number of rotatable bonds is 2. The molecule has 0 N–H and O–H groups in total. The van der Waals surface area contributed by atoms with Crippen LogP contribution < -0.4 is 4.90 Å². The van der Waals surface area contributed by atoms with E-state index in [0.717, 1.165) is 41.2 Å². The van der Waals surface area contributed by atoms with Crippen molar-refractivity contribution < 1.29 is 4.79 Å². The van der Waals surface area contributed by atoms with Gasteiger partial charge in [0.1, 0.15) is 0 Å². The maximum absolute atomic E-state index is 13.4. The number of anilines is 1. The van der Waals surface area contributed by atoms with Gasteiger partial charge in [-0.05, 0) is 42.0 Å². The average Bonchev–Trinajstić information content (AvgIpc) is 3.19. The Labute approximate surface area is 162 Å². The number of β-lactam (4-membered cyclic amide) rings is 1. The van der Waals surface area contributed by atoms with Crippen molar-refractivity contribution in [2.75, 3.05) is 4.90 Å². The topological polar surface area (TPSA) is 20.3 Å². The Morgan fingerprint density at radius 2 is 1.58 bits per heavy atom. The molecule has 0 aromatic heterocycles. The van der Waals surface area contributed by atoms with Crippen LogP contribution in [0.15, 0.2) is 71.2 Å². The highest BCUT2D eigenvalue weighted by Gasteiger charge is 2.62. The zero-order valence-corrected chi connectivity index (χ0v) is 16.1. The first-order chi connectivity index (χ1) is 12.7. The Morgan fingerprint density at radius 3 is 2.35 bits per heavy atom. The maximum Gasteiger partial charge on any atom is 0.236 e. The largest absolute Gasteiger partial charge is 0.303 e. The normalized spacial score (nSPS) is 21.3. The van der Waals surface area contributed by atoms with Gasteiger partial charge in [-0.15, -0.1) is 0 Å². The number of hydrogen-bond acceptors (Lipinski definition) is 1. The summed E-state index contributed by atoms with van der Waals surface area (Å²) in [6.45, 7) is 0. The van der Waals surface area contributed by atoms with Crippen molar-refractivity contribution in [3.05, 3.63) is 76.8 Å². The third kappa shape index (κ3) is 2.20. The minimum Gasteiger partial charge on any atom is -0.303 e. The van der Waals surface area contributed by atoms with Crippen molar-refractivity contribution in [2.45, 2.75) is 31.7 Å². The lowest BCUT2D eigenvalue weighted by Gasteiger charge is -2.55. The maximum atomic E-state index is 13.4. The Morgan fingerprint density at radius 1 is 0.885 bits per heavy atom. The average molecular weight is 406 g/mol. The van der Waals surface area contributed by atoms with Crippen LogP contribution in [-0.4, -0.2) is 5.91 Å². The van der Waals surface area contributed by atoms with E-state index < -0.39 is 0 Å². The number of nitrogens with zero attached hydrogens (tertiary/aromatic N) is 1. The highest BCUT2D eigenvalue weighted by Crippen LogP contribution is 2.60. The van der Waals surface area contributed by atoms with Crippen LogP contribution in [0.25, 0.3) is 10.8 Å². The molecular formula is C23H20BrNO. The number of benzene rings is 3. The number of carbonyl (C=O) groups is 1. The number of carbonyl (C=O) groups excluding carboxylic acids is 1. The molecule has 0 radical (unpaired) electrons. The van der Waals surface area contributed by atoms with Crippen LogP contribution in [0.4, 0.5) is 5.69 Å². The monoisotopic (exact) mass is 405 g/mol. The molecule has 0 unspecified atom stereocenters. The third-order valence-electron chi connectivity index (χ3n) is 6.13. The van der Waals surface area contributed by atoms with E-state index in [4.69, 9.17) is 0 Å². The van der Waals surface area contributed by atoms with Crippen molar-refractivity contribution in [1.82, 2.24) is 0 Å². The van der Waals surface area contributed by atoms with Gasteiger partial charge in [-0.3, -0.25) is 4.79 Å². The minimum absolute atomic E-state index is 0.136. The first kappa shape index (κ1) is 16.1. The molecule has 1 spiro atoms. The Kier molecular flexibility index (Phi) is 3.68. The Balaban J connectivity index is 1.67. The second-order valence-corrected chi connectivity index (χ2v) is 8.41. The van der Waals surface area contributed by atoms with Gasteiger partial charge in [-0.2, -0.15) is 0 Å². The van der Waals surface area contributed by atoms with E-state index in [1.54, 1.807) is 0 Å². The Hall–Kier alpha value is -2.13. The standard InChI is InChI=1S/C23H20BrNO/c24-18-12-10-17(11-13-18)21-23(14-3-4-15-23)22(26)25(21)20-9-5-7-16-6-1-2-8-19(16)20/h1-2,5-13,21H,3-4,14-15H2/t21-/m1/s1. The first-order valence-corrected chi connectivity index (χ1v) is 10.1. The van der Waals surface area contributed by atoms with Gasteiger partial charge in [0.15, 0.2) is 0 Å². The van der Waals surface area contributed by atoms with Gasteiger partial charge < -0.3 is 4.90 Å². The molecule has 1 aliphatic heterocycles. The van der Waals surface area contributed by atoms with Crippen LogP contribution in [0, 0.1) is 5.41 Å². The lowest BCUT2D eigenvalue weighted by Crippen LogP contribution is -2.62. The fourth-order valence-electron chi connectivity index (χ4n) is 4.93. The van der Waals surface area contributed by atoms with Gasteiger partial charge in [-0.1, -0.05) is 77.3 Å². The molecule has 3 aromatic carbocycles. The van der Waals surface area contributed by atoms with Crippen molar-refractivity contribution in [1.29, 1.82) is 0 Å². The molecule has 26 heavy (non-hydrogen) atoms. The van der Waals surface area contributed by atoms with E-state index in [-0.39, 0.29) is 11.5 Å². The predicted molar refractivity (Wildman–Crippen MR) is 109 cm³/mol. The number of hydrogen-bond donors (Lipinski definition) is 0. The summed E-state index contributed by atoms with van der Waals surface area (Å²) in [5.74, 6) is 0.305. The highest BCUT2D eigenvalue weighted by molar-refractivity contribution is 9.10. The lowest BCUT2D eigenvalue weighted by atomic mass is 9.66. The van der Waals surface area contributed by atoms with Crippen LogP contribution in [0.1, 0.15) is 37.3 Å². The molecular weight excluding hydrogens is 386 g/mol. The van der Waals surface area contributed by atoms with Gasteiger partial charge in [0, 0.05) is 9.86 Å². The summed E-state index contributed by atoms with van der Waals surface area (Å²) in [5.41, 5.74) is 2.08. The quantitative estimate of drug-likeness (QED) is 0.461. The fourth-order valence-corrected chi connectivity index (χ4v) is 5.19. The van der Waals surface area contributed by atoms with Gasteiger partial charge in [0.05, 0.1) is 17.1 Å². The molecule has 130 valence electrons. The zero-order valence-electron chi connectivity index (χ0n) is 14.5. The third-order valence-corrected chi connectivity index (χ3v) is 6.66. The smallest absolute Gasteiger partial charge is 0.236 e. The van der Waals surface area contributed by atoms with Crippen molar-refractivity contribution in [3.63, 3.8) is 0 Å². The van der Waals surface area contributed by atoms with Gasteiger partial charge in [-0.25, -0.2) is 0 Å². The Bertz CT molecular complexity index is 983. The van der Waals surface area contributed by atoms with E-state index in [1.807, 2.05) is 0 Å². The zero-order chi connectivity index (χ0) is 17.7. The lowest BCUT2D eigenvalue weighted by molar-refractivity contribution is -0.139. The van der Waals surface area contributed by atoms with Crippen LogP contribution in [-0.2, 0) is 4.79 Å². The molecule has 2 aliphatic rings. The summed E-state index contributed by atoms with van der Waals surface area (Å²) in [5, 5.41) is 2.33. The van der Waals surface area contributed by atoms with E-state index in [2.05, 4.69) is 87.6 Å². The molecule has 5 rings (SSSR count). The summed E-state index contributed by atoms with van der Waals surface area (Å²) < 4.78 is 1.07. The second-order valence-electron chi connectivity index (χ2n) is 7.49. The molecule has 3 heteroatoms. The van der Waals surface area contributed by atoms with Crippen LogP contribution in [0.2, 0.25) is 0 Å². The van der Waals surface area contributed by atoms with Crippen molar-refractivity contribution in [3.8, 4) is 0 Å². The fraction of sp³-hybridized carbons (Fsp3) is 0.261. The van der Waals surface area contributed by atoms with E-state index in [9.17, 15) is 4.79 Å². The number of amides is 1. The van der Waals surface area contributed by atoms with Crippen molar-refractivity contribution in [2.24, 2.45) is 5.41 Å². The van der Waals surface area contributed by atoms with Gasteiger partial charge in [0.2, 0.25) is 5.91 Å². The molecule has 1 heterocycles. The van der Waals surface area contributed by atoms with Gasteiger partial charge in [0.25, 0.3) is 0 Å². The van der Waals surface area contributed by atoms with Gasteiger partial charge >= 0.3 is 0 Å². The molecule has 1 aliphatic carbocycles. The molecule has 2 fully saturated rings.